The second-order valence-corrected chi connectivity index (χ2v) is 5.98. The van der Waals surface area contributed by atoms with E-state index in [-0.39, 0.29) is 0 Å². The summed E-state index contributed by atoms with van der Waals surface area (Å²) in [4.78, 5) is 0. The van der Waals surface area contributed by atoms with Crippen LogP contribution < -0.4 is 16.8 Å². The fourth-order valence-electron chi connectivity index (χ4n) is 2.93. The monoisotopic (exact) mass is 263 g/mol. The van der Waals surface area contributed by atoms with Crippen molar-refractivity contribution in [3.63, 3.8) is 0 Å². The van der Waals surface area contributed by atoms with Crippen LogP contribution in [0, 0.1) is 0 Å². The van der Waals surface area contributed by atoms with Gasteiger partial charge in [-0.3, -0.25) is 0 Å². The molecule has 106 valence electrons. The molecule has 0 saturated carbocycles. The lowest BCUT2D eigenvalue weighted by molar-refractivity contribution is -0.914. The summed E-state index contributed by atoms with van der Waals surface area (Å²) in [5, 5.41) is 3.41. The average molecular weight is 263 g/mol. The number of nitrogens with two attached hydrogens (primary N) is 2. The number of quaternary nitrogens is 1. The van der Waals surface area contributed by atoms with Gasteiger partial charge in [0.2, 0.25) is 0 Å². The minimum absolute atomic E-state index is 0.717. The quantitative estimate of drug-likeness (QED) is 0.434. The molecule has 4 nitrogen and oxygen atoms in total. The number of hydrogen-bond acceptors (Lipinski definition) is 3. The predicted molar refractivity (Wildman–Crippen MR) is 83.0 cm³/mol. The topological polar surface area (TPSA) is 64.1 Å². The maximum atomic E-state index is 5.93. The summed E-state index contributed by atoms with van der Waals surface area (Å²) in [5.74, 6) is 0. The summed E-state index contributed by atoms with van der Waals surface area (Å²) >= 11 is 0. The lowest BCUT2D eigenvalue weighted by Crippen LogP contribution is -2.48. The molecule has 1 aliphatic rings. The lowest BCUT2D eigenvalue weighted by atomic mass is 10.1. The first-order valence-corrected chi connectivity index (χ1v) is 7.31. The third kappa shape index (κ3) is 4.03. The molecule has 0 unspecified atom stereocenters. The van der Waals surface area contributed by atoms with Crippen LogP contribution in [0.15, 0.2) is 18.2 Å². The summed E-state index contributed by atoms with van der Waals surface area (Å²) in [5.41, 5.74) is 14.1. The molecule has 0 radical (unpaired) electrons. The van der Waals surface area contributed by atoms with E-state index >= 15 is 0 Å². The first-order chi connectivity index (χ1) is 9.09. The van der Waals surface area contributed by atoms with E-state index in [1.165, 1.54) is 49.8 Å². The highest BCUT2D eigenvalue weighted by Gasteiger charge is 2.23. The number of hydrogen-bond donors (Lipinski definition) is 3. The summed E-state index contributed by atoms with van der Waals surface area (Å²) in [6.45, 7) is 4.90. The zero-order chi connectivity index (χ0) is 13.7. The molecule has 1 aromatic carbocycles. The Balaban J connectivity index is 1.74. The molecule has 1 aliphatic heterocycles. The van der Waals surface area contributed by atoms with Crippen molar-refractivity contribution >= 4 is 17.1 Å². The molecule has 1 heterocycles. The molecule has 4 heteroatoms. The van der Waals surface area contributed by atoms with Gasteiger partial charge in [0.25, 0.3) is 0 Å². The van der Waals surface area contributed by atoms with Gasteiger partial charge in [-0.1, -0.05) is 0 Å². The molecule has 5 N–H and O–H groups in total. The highest BCUT2D eigenvalue weighted by atomic mass is 15.3. The smallest absolute Gasteiger partial charge is 0.0801 e. The highest BCUT2D eigenvalue weighted by molar-refractivity contribution is 5.70. The molecule has 1 fully saturated rings. The molecule has 0 aliphatic carbocycles. The summed E-state index contributed by atoms with van der Waals surface area (Å²) in [6, 6.07) is 5.65. The van der Waals surface area contributed by atoms with Crippen LogP contribution in [-0.2, 0) is 0 Å². The standard InChI is InChI=1S/C15H27N4/c1-19(9-3-2-4-10-19)11-5-8-18-15-7-6-13(16)12-14(15)17/h6-7,12,18H,2-5,8-11,16-17H2,1H3/q+1. The van der Waals surface area contributed by atoms with Gasteiger partial charge in [0.15, 0.2) is 0 Å². The van der Waals surface area contributed by atoms with Crippen LogP contribution in [0.2, 0.25) is 0 Å². The molecule has 2 rings (SSSR count). The zero-order valence-corrected chi connectivity index (χ0v) is 12.0. The SMILES string of the molecule is C[N+]1(CCCNc2ccc(N)cc2N)CCCCC1. The second-order valence-electron chi connectivity index (χ2n) is 5.98. The van der Waals surface area contributed by atoms with E-state index in [2.05, 4.69) is 12.4 Å². The van der Waals surface area contributed by atoms with Crippen LogP contribution >= 0.6 is 0 Å². The van der Waals surface area contributed by atoms with Crippen molar-refractivity contribution < 1.29 is 4.48 Å². The Kier molecular flexibility index (Phi) is 4.53. The minimum Gasteiger partial charge on any atom is -0.399 e. The molecule has 1 saturated heterocycles. The minimum atomic E-state index is 0.717. The van der Waals surface area contributed by atoms with Crippen molar-refractivity contribution in [2.24, 2.45) is 0 Å². The summed E-state index contributed by atoms with van der Waals surface area (Å²) in [6.07, 6.45) is 5.36. The van der Waals surface area contributed by atoms with Crippen LogP contribution in [-0.4, -0.2) is 37.7 Å². The Bertz CT molecular complexity index is 411. The van der Waals surface area contributed by atoms with E-state index in [1.54, 1.807) is 6.07 Å². The maximum absolute atomic E-state index is 5.93. The number of rotatable bonds is 5. The molecular formula is C15H27N4+. The Morgan fingerprint density at radius 2 is 1.89 bits per heavy atom. The van der Waals surface area contributed by atoms with Crippen molar-refractivity contribution in [2.75, 3.05) is 50.0 Å². The zero-order valence-electron chi connectivity index (χ0n) is 12.0. The van der Waals surface area contributed by atoms with Gasteiger partial charge in [-0.05, 0) is 37.5 Å². The van der Waals surface area contributed by atoms with Crippen LogP contribution in [0.3, 0.4) is 0 Å². The number of nitrogens with zero attached hydrogens (tertiary/aromatic N) is 1. The number of likely N-dealkylation sites (tertiary alicyclic amines) is 1. The van der Waals surface area contributed by atoms with E-state index in [1.807, 2.05) is 12.1 Å². The van der Waals surface area contributed by atoms with E-state index in [9.17, 15) is 0 Å². The van der Waals surface area contributed by atoms with Gasteiger partial charge in [-0.15, -0.1) is 0 Å². The van der Waals surface area contributed by atoms with Gasteiger partial charge in [0.05, 0.1) is 38.1 Å². The van der Waals surface area contributed by atoms with Gasteiger partial charge in [-0.25, -0.2) is 0 Å². The van der Waals surface area contributed by atoms with Crippen molar-refractivity contribution in [3.8, 4) is 0 Å². The molecular weight excluding hydrogens is 236 g/mol. The maximum Gasteiger partial charge on any atom is 0.0801 e. The molecule has 0 atom stereocenters. The van der Waals surface area contributed by atoms with Crippen LogP contribution in [0.25, 0.3) is 0 Å². The van der Waals surface area contributed by atoms with Gasteiger partial charge >= 0.3 is 0 Å². The third-order valence-electron chi connectivity index (χ3n) is 4.16. The van der Waals surface area contributed by atoms with Crippen LogP contribution in [0.1, 0.15) is 25.7 Å². The van der Waals surface area contributed by atoms with Gasteiger partial charge in [0, 0.05) is 18.7 Å². The van der Waals surface area contributed by atoms with Gasteiger partial charge in [-0.2, -0.15) is 0 Å². The highest BCUT2D eigenvalue weighted by Crippen LogP contribution is 2.21. The van der Waals surface area contributed by atoms with Crippen molar-refractivity contribution in [1.29, 1.82) is 0 Å². The van der Waals surface area contributed by atoms with Gasteiger partial charge < -0.3 is 21.3 Å². The Morgan fingerprint density at radius 3 is 2.58 bits per heavy atom. The van der Waals surface area contributed by atoms with E-state index in [4.69, 9.17) is 11.5 Å². The van der Waals surface area contributed by atoms with Crippen LogP contribution in [0.5, 0.6) is 0 Å². The van der Waals surface area contributed by atoms with E-state index < -0.39 is 0 Å². The summed E-state index contributed by atoms with van der Waals surface area (Å²) < 4.78 is 1.24. The predicted octanol–water partition coefficient (Wildman–Crippen LogP) is 2.28. The van der Waals surface area contributed by atoms with Crippen molar-refractivity contribution in [1.82, 2.24) is 0 Å². The number of nitrogens with one attached hydrogen (secondary N) is 1. The molecule has 0 aromatic heterocycles. The fourth-order valence-corrected chi connectivity index (χ4v) is 2.93. The summed E-state index contributed by atoms with van der Waals surface area (Å²) in [7, 11) is 2.39. The number of nitrogen functional groups attached to an aromatic ring is 2. The van der Waals surface area contributed by atoms with Gasteiger partial charge in [0.1, 0.15) is 0 Å². The molecule has 19 heavy (non-hydrogen) atoms. The number of benzene rings is 1. The number of piperidine rings is 1. The van der Waals surface area contributed by atoms with E-state index in [0.29, 0.717) is 0 Å². The second kappa shape index (κ2) is 6.15. The van der Waals surface area contributed by atoms with Crippen molar-refractivity contribution in [3.05, 3.63) is 18.2 Å². The Hall–Kier alpha value is -1.42. The largest absolute Gasteiger partial charge is 0.399 e. The van der Waals surface area contributed by atoms with Crippen molar-refractivity contribution in [2.45, 2.75) is 25.7 Å². The Morgan fingerprint density at radius 1 is 1.16 bits per heavy atom. The fraction of sp³-hybridized carbons (Fsp3) is 0.600. The van der Waals surface area contributed by atoms with E-state index in [0.717, 1.165) is 23.6 Å². The molecule has 0 spiro atoms. The average Bonchev–Trinajstić information content (AvgIpc) is 2.37. The first kappa shape index (κ1) is 14.0. The Labute approximate surface area is 116 Å². The first-order valence-electron chi connectivity index (χ1n) is 7.31. The number of anilines is 3. The normalized spacial score (nSPS) is 18.2. The third-order valence-corrected chi connectivity index (χ3v) is 4.16. The molecule has 0 amide bonds. The lowest BCUT2D eigenvalue weighted by Gasteiger charge is -2.37. The van der Waals surface area contributed by atoms with Crippen LogP contribution in [0.4, 0.5) is 17.1 Å². The molecule has 1 aromatic rings. The molecule has 0 bridgehead atoms.